The molecular formula is C19H16F3N3O2S. The molecule has 0 radical (unpaired) electrons. The Morgan fingerprint density at radius 1 is 1.14 bits per heavy atom. The van der Waals surface area contributed by atoms with Gasteiger partial charge in [-0.3, -0.25) is 4.79 Å². The van der Waals surface area contributed by atoms with E-state index in [0.717, 1.165) is 12.1 Å². The van der Waals surface area contributed by atoms with E-state index in [-0.39, 0.29) is 18.0 Å². The quantitative estimate of drug-likeness (QED) is 0.597. The summed E-state index contributed by atoms with van der Waals surface area (Å²) in [6.45, 7) is 0. The Bertz CT molecular complexity index is 973. The van der Waals surface area contributed by atoms with Crippen molar-refractivity contribution >= 4 is 33.8 Å². The molecule has 5 nitrogen and oxygen atoms in total. The van der Waals surface area contributed by atoms with Crippen molar-refractivity contribution in [3.05, 3.63) is 65.2 Å². The van der Waals surface area contributed by atoms with Crippen LogP contribution < -0.4 is 15.4 Å². The molecule has 146 valence electrons. The van der Waals surface area contributed by atoms with Crippen molar-refractivity contribution in [1.29, 1.82) is 0 Å². The Kier molecular flexibility index (Phi) is 5.84. The van der Waals surface area contributed by atoms with Crippen LogP contribution in [-0.4, -0.2) is 18.0 Å². The van der Waals surface area contributed by atoms with E-state index in [9.17, 15) is 18.0 Å². The van der Waals surface area contributed by atoms with Crippen LogP contribution in [0.4, 0.5) is 29.7 Å². The van der Waals surface area contributed by atoms with Gasteiger partial charge in [0.15, 0.2) is 5.13 Å². The minimum atomic E-state index is -4.41. The summed E-state index contributed by atoms with van der Waals surface area (Å²) < 4.78 is 43.5. The Hall–Kier alpha value is -3.07. The zero-order valence-electron chi connectivity index (χ0n) is 14.7. The third kappa shape index (κ3) is 5.23. The number of methoxy groups -OCH3 is 1. The number of nitrogens with one attached hydrogen (secondary N) is 2. The number of hydrogen-bond donors (Lipinski definition) is 2. The molecule has 0 aliphatic carbocycles. The van der Waals surface area contributed by atoms with Crippen LogP contribution in [0.2, 0.25) is 0 Å². The highest BCUT2D eigenvalue weighted by Gasteiger charge is 2.30. The zero-order valence-corrected chi connectivity index (χ0v) is 15.5. The molecule has 28 heavy (non-hydrogen) atoms. The normalized spacial score (nSPS) is 11.1. The number of hydrogen-bond acceptors (Lipinski definition) is 5. The molecule has 0 saturated heterocycles. The van der Waals surface area contributed by atoms with Gasteiger partial charge in [-0.15, -0.1) is 11.3 Å². The number of carbonyl (C=O) groups excluding carboxylic acids is 1. The summed E-state index contributed by atoms with van der Waals surface area (Å²) in [6, 6.07) is 11.8. The molecule has 0 aliphatic rings. The van der Waals surface area contributed by atoms with Crippen LogP contribution in [0, 0.1) is 0 Å². The van der Waals surface area contributed by atoms with Gasteiger partial charge in [-0.1, -0.05) is 12.1 Å². The average molecular weight is 407 g/mol. The predicted molar refractivity (Wildman–Crippen MR) is 102 cm³/mol. The topological polar surface area (TPSA) is 63.2 Å². The fraction of sp³-hybridized carbons (Fsp3) is 0.158. The van der Waals surface area contributed by atoms with Gasteiger partial charge in [0.2, 0.25) is 5.91 Å². The van der Waals surface area contributed by atoms with Gasteiger partial charge < -0.3 is 15.4 Å². The van der Waals surface area contributed by atoms with Crippen molar-refractivity contribution < 1.29 is 22.7 Å². The van der Waals surface area contributed by atoms with E-state index in [1.807, 2.05) is 0 Å². The summed E-state index contributed by atoms with van der Waals surface area (Å²) in [4.78, 5) is 16.4. The first-order valence-corrected chi connectivity index (χ1v) is 9.04. The van der Waals surface area contributed by atoms with Gasteiger partial charge in [0.1, 0.15) is 5.75 Å². The highest BCUT2D eigenvalue weighted by Crippen LogP contribution is 2.31. The van der Waals surface area contributed by atoms with Gasteiger partial charge in [-0.05, 0) is 30.3 Å². The van der Waals surface area contributed by atoms with Crippen molar-refractivity contribution in [2.75, 3.05) is 17.7 Å². The van der Waals surface area contributed by atoms with E-state index in [2.05, 4.69) is 15.6 Å². The number of thiazole rings is 1. The summed E-state index contributed by atoms with van der Waals surface area (Å²) >= 11 is 1.21. The zero-order chi connectivity index (χ0) is 20.1. The number of aromatic nitrogens is 1. The molecule has 0 fully saturated rings. The Morgan fingerprint density at radius 3 is 2.64 bits per heavy atom. The predicted octanol–water partition coefficient (Wildman–Crippen LogP) is 5.10. The maximum atomic E-state index is 12.8. The van der Waals surface area contributed by atoms with Crippen LogP contribution in [0.3, 0.4) is 0 Å². The van der Waals surface area contributed by atoms with Crippen molar-refractivity contribution in [1.82, 2.24) is 4.98 Å². The molecule has 3 rings (SSSR count). The van der Waals surface area contributed by atoms with Crippen LogP contribution in [0.25, 0.3) is 0 Å². The lowest BCUT2D eigenvalue weighted by atomic mass is 10.2. The molecule has 0 spiro atoms. The number of rotatable bonds is 6. The number of ether oxygens (including phenoxy) is 1. The smallest absolute Gasteiger partial charge is 0.416 e. The van der Waals surface area contributed by atoms with Gasteiger partial charge in [-0.2, -0.15) is 13.2 Å². The first kappa shape index (κ1) is 19.7. The molecular weight excluding hydrogens is 391 g/mol. The number of benzene rings is 2. The first-order chi connectivity index (χ1) is 13.3. The fourth-order valence-corrected chi connectivity index (χ4v) is 3.14. The largest absolute Gasteiger partial charge is 0.497 e. The van der Waals surface area contributed by atoms with Crippen molar-refractivity contribution in [2.45, 2.75) is 12.6 Å². The van der Waals surface area contributed by atoms with Gasteiger partial charge in [0.25, 0.3) is 0 Å². The minimum Gasteiger partial charge on any atom is -0.497 e. The molecule has 0 atom stereocenters. The fourth-order valence-electron chi connectivity index (χ4n) is 2.41. The Morgan fingerprint density at radius 2 is 1.89 bits per heavy atom. The molecule has 1 heterocycles. The van der Waals surface area contributed by atoms with E-state index >= 15 is 0 Å². The molecule has 0 unspecified atom stereocenters. The van der Waals surface area contributed by atoms with Crippen LogP contribution in [-0.2, 0) is 17.4 Å². The summed E-state index contributed by atoms with van der Waals surface area (Å²) in [6.07, 6.45) is -4.37. The average Bonchev–Trinajstić information content (AvgIpc) is 3.08. The molecule has 3 aromatic rings. The summed E-state index contributed by atoms with van der Waals surface area (Å²) in [5.74, 6) is 0.364. The molecule has 0 saturated carbocycles. The minimum absolute atomic E-state index is 0.0397. The summed E-state index contributed by atoms with van der Waals surface area (Å²) in [5.41, 5.74) is 0.644. The van der Waals surface area contributed by atoms with Crippen LogP contribution in [0.15, 0.2) is 53.9 Å². The highest BCUT2D eigenvalue weighted by molar-refractivity contribution is 7.13. The van der Waals surface area contributed by atoms with Gasteiger partial charge in [0.05, 0.1) is 24.8 Å². The molecule has 2 aromatic carbocycles. The second kappa shape index (κ2) is 8.30. The molecule has 1 amide bonds. The first-order valence-electron chi connectivity index (χ1n) is 8.16. The second-order valence-electron chi connectivity index (χ2n) is 5.80. The molecule has 1 aromatic heterocycles. The third-order valence-corrected chi connectivity index (χ3v) is 4.49. The monoisotopic (exact) mass is 407 g/mol. The van der Waals surface area contributed by atoms with Gasteiger partial charge in [0, 0.05) is 22.8 Å². The number of halogens is 3. The molecule has 9 heteroatoms. The van der Waals surface area contributed by atoms with Crippen LogP contribution in [0.5, 0.6) is 5.75 Å². The van der Waals surface area contributed by atoms with Crippen LogP contribution in [0.1, 0.15) is 11.3 Å². The van der Waals surface area contributed by atoms with E-state index < -0.39 is 11.7 Å². The van der Waals surface area contributed by atoms with E-state index in [1.165, 1.54) is 30.6 Å². The lowest BCUT2D eigenvalue weighted by Crippen LogP contribution is -2.14. The number of anilines is 3. The SMILES string of the molecule is COc1cccc(NC(=O)Cc2csc(Nc3cccc(C(F)(F)F)c3)n2)c1. The summed E-state index contributed by atoms with van der Waals surface area (Å²) in [7, 11) is 1.54. The van der Waals surface area contributed by atoms with E-state index in [0.29, 0.717) is 22.3 Å². The van der Waals surface area contributed by atoms with Crippen molar-refractivity contribution in [3.8, 4) is 5.75 Å². The van der Waals surface area contributed by atoms with Crippen LogP contribution >= 0.6 is 11.3 Å². The number of alkyl halides is 3. The van der Waals surface area contributed by atoms with E-state index in [1.54, 1.807) is 29.6 Å². The third-order valence-electron chi connectivity index (χ3n) is 3.69. The Labute approximate surface area is 163 Å². The lowest BCUT2D eigenvalue weighted by molar-refractivity contribution is -0.137. The van der Waals surface area contributed by atoms with Crippen molar-refractivity contribution in [2.24, 2.45) is 0 Å². The number of carbonyl (C=O) groups is 1. The standard InChI is InChI=1S/C19H16F3N3O2S/c1-27-16-7-3-6-14(9-16)23-17(26)10-15-11-28-18(25-15)24-13-5-2-4-12(8-13)19(20,21)22/h2-9,11H,10H2,1H3,(H,23,26)(H,24,25). The van der Waals surface area contributed by atoms with Gasteiger partial charge in [-0.25, -0.2) is 4.98 Å². The summed E-state index contributed by atoms with van der Waals surface area (Å²) in [5, 5.41) is 7.67. The molecule has 0 bridgehead atoms. The second-order valence-corrected chi connectivity index (χ2v) is 6.66. The number of amides is 1. The molecule has 0 aliphatic heterocycles. The maximum Gasteiger partial charge on any atom is 0.416 e. The van der Waals surface area contributed by atoms with E-state index in [4.69, 9.17) is 4.74 Å². The lowest BCUT2D eigenvalue weighted by Gasteiger charge is -2.09. The highest BCUT2D eigenvalue weighted by atomic mass is 32.1. The number of nitrogens with zero attached hydrogens (tertiary/aromatic N) is 1. The molecule has 2 N–H and O–H groups in total. The van der Waals surface area contributed by atoms with Gasteiger partial charge >= 0.3 is 6.18 Å². The van der Waals surface area contributed by atoms with Crippen molar-refractivity contribution in [3.63, 3.8) is 0 Å². The Balaban J connectivity index is 1.62. The maximum absolute atomic E-state index is 12.8.